The van der Waals surface area contributed by atoms with E-state index < -0.39 is 12.0 Å². The summed E-state index contributed by atoms with van der Waals surface area (Å²) < 4.78 is 16.9. The maximum atomic E-state index is 12.7. The Kier molecular flexibility index (Phi) is 5.41. The van der Waals surface area contributed by atoms with Gasteiger partial charge in [0.05, 0.1) is 18.2 Å². The molecule has 0 fully saturated rings. The lowest BCUT2D eigenvalue weighted by atomic mass is 9.95. The number of allylic oxidation sites excluding steroid dienone is 1. The Bertz CT molecular complexity index is 775. The van der Waals surface area contributed by atoms with Gasteiger partial charge in [0.25, 0.3) is 0 Å². The number of fused-ring (bicyclic) bond motifs is 1. The van der Waals surface area contributed by atoms with Crippen LogP contribution in [-0.2, 0) is 9.53 Å². The fraction of sp³-hybridized carbons (Fsp3) is 0.444. The van der Waals surface area contributed by atoms with Crippen LogP contribution in [0.2, 0.25) is 0 Å². The second-order valence-corrected chi connectivity index (χ2v) is 7.47. The van der Waals surface area contributed by atoms with E-state index in [1.807, 2.05) is 0 Å². The molecule has 0 aromatic heterocycles. The molecule has 0 bridgehead atoms. The maximum absolute atomic E-state index is 12.7. The molecule has 0 spiro atoms. The van der Waals surface area contributed by atoms with Crippen molar-refractivity contribution in [3.05, 3.63) is 33.4 Å². The Morgan fingerprint density at radius 2 is 2.04 bits per heavy atom. The molecule has 1 aromatic carbocycles. The quantitative estimate of drug-likeness (QED) is 0.707. The van der Waals surface area contributed by atoms with Gasteiger partial charge < -0.3 is 24.8 Å². The van der Waals surface area contributed by atoms with Gasteiger partial charge in [-0.15, -0.1) is 0 Å². The number of halogens is 1. The fourth-order valence-electron chi connectivity index (χ4n) is 2.82. The lowest BCUT2D eigenvalue weighted by Crippen LogP contribution is -2.45. The third kappa shape index (κ3) is 3.80. The van der Waals surface area contributed by atoms with Gasteiger partial charge in [-0.25, -0.2) is 9.59 Å². The monoisotopic (exact) mass is 424 g/mol. The van der Waals surface area contributed by atoms with E-state index in [0.717, 1.165) is 6.42 Å². The molecule has 140 valence electrons. The normalized spacial score (nSPS) is 18.7. The van der Waals surface area contributed by atoms with Crippen molar-refractivity contribution in [2.45, 2.75) is 33.2 Å². The van der Waals surface area contributed by atoms with Crippen molar-refractivity contribution in [3.8, 4) is 11.5 Å². The largest absolute Gasteiger partial charge is 0.462 e. The molecule has 2 amide bonds. The van der Waals surface area contributed by atoms with Crippen LogP contribution in [0.25, 0.3) is 0 Å². The van der Waals surface area contributed by atoms with Gasteiger partial charge in [0, 0.05) is 10.2 Å². The number of urea groups is 1. The van der Waals surface area contributed by atoms with Gasteiger partial charge >= 0.3 is 12.0 Å². The Morgan fingerprint density at radius 1 is 1.35 bits per heavy atom. The molecule has 2 heterocycles. The predicted molar refractivity (Wildman–Crippen MR) is 97.8 cm³/mol. The third-order valence-electron chi connectivity index (χ3n) is 4.22. The van der Waals surface area contributed by atoms with E-state index in [1.54, 1.807) is 19.1 Å². The number of rotatable bonds is 5. The zero-order valence-electron chi connectivity index (χ0n) is 14.8. The Labute approximate surface area is 160 Å². The Hall–Kier alpha value is -2.22. The smallest absolute Gasteiger partial charge is 0.338 e. The minimum absolute atomic E-state index is 0.142. The van der Waals surface area contributed by atoms with Gasteiger partial charge in [-0.05, 0) is 37.0 Å². The number of hydrogen-bond acceptors (Lipinski definition) is 5. The van der Waals surface area contributed by atoms with Crippen molar-refractivity contribution in [2.24, 2.45) is 5.92 Å². The van der Waals surface area contributed by atoms with Crippen LogP contribution in [-0.4, -0.2) is 25.4 Å². The van der Waals surface area contributed by atoms with Crippen molar-refractivity contribution >= 4 is 27.9 Å². The lowest BCUT2D eigenvalue weighted by Gasteiger charge is -2.29. The summed E-state index contributed by atoms with van der Waals surface area (Å²) in [6.07, 6.45) is 0.774. The fourth-order valence-corrected chi connectivity index (χ4v) is 3.37. The summed E-state index contributed by atoms with van der Waals surface area (Å²) in [6.45, 7) is 6.28. The van der Waals surface area contributed by atoms with Crippen LogP contribution in [0.5, 0.6) is 11.5 Å². The van der Waals surface area contributed by atoms with E-state index in [4.69, 9.17) is 14.2 Å². The number of hydrogen-bond donors (Lipinski definition) is 2. The molecule has 0 radical (unpaired) electrons. The highest BCUT2D eigenvalue weighted by molar-refractivity contribution is 9.10. The Morgan fingerprint density at radius 3 is 2.73 bits per heavy atom. The minimum atomic E-state index is -0.654. The van der Waals surface area contributed by atoms with Crippen LogP contribution in [0, 0.1) is 5.92 Å². The average molecular weight is 425 g/mol. The molecule has 1 unspecified atom stereocenters. The van der Waals surface area contributed by atoms with Crippen molar-refractivity contribution in [2.75, 3.05) is 13.4 Å². The molecule has 2 aliphatic heterocycles. The van der Waals surface area contributed by atoms with E-state index in [2.05, 4.69) is 40.4 Å². The van der Waals surface area contributed by atoms with E-state index in [-0.39, 0.29) is 12.8 Å². The van der Waals surface area contributed by atoms with E-state index >= 15 is 0 Å². The molecule has 0 saturated heterocycles. The van der Waals surface area contributed by atoms with E-state index in [9.17, 15) is 9.59 Å². The van der Waals surface area contributed by atoms with Crippen LogP contribution >= 0.6 is 15.9 Å². The number of carbonyl (C=O) groups is 2. The van der Waals surface area contributed by atoms with Crippen molar-refractivity contribution in [1.29, 1.82) is 0 Å². The first kappa shape index (κ1) is 18.6. The van der Waals surface area contributed by atoms with Crippen molar-refractivity contribution in [3.63, 3.8) is 0 Å². The van der Waals surface area contributed by atoms with Gasteiger partial charge in [0.1, 0.15) is 0 Å². The maximum Gasteiger partial charge on any atom is 0.338 e. The molecule has 1 atom stereocenters. The summed E-state index contributed by atoms with van der Waals surface area (Å²) >= 11 is 3.49. The number of esters is 1. The lowest BCUT2D eigenvalue weighted by molar-refractivity contribution is -0.139. The van der Waals surface area contributed by atoms with Crippen LogP contribution in [0.4, 0.5) is 4.79 Å². The van der Waals surface area contributed by atoms with Gasteiger partial charge in [0.2, 0.25) is 6.79 Å². The standard InChI is InChI=1S/C18H21BrN2O5/c1-9(2)4-5-24-17(22)15-10(3)20-18(23)21-16(15)11-6-13-14(7-12(11)19)26-8-25-13/h6-7,9,16H,4-5,8H2,1-3H3,(H2,20,21,23). The highest BCUT2D eigenvalue weighted by atomic mass is 79.9. The highest BCUT2D eigenvalue weighted by Gasteiger charge is 2.34. The first-order chi connectivity index (χ1) is 12.4. The molecular formula is C18H21BrN2O5. The van der Waals surface area contributed by atoms with Gasteiger partial charge in [-0.2, -0.15) is 0 Å². The predicted octanol–water partition coefficient (Wildman–Crippen LogP) is 3.40. The molecule has 2 aliphatic rings. The summed E-state index contributed by atoms with van der Waals surface area (Å²) in [4.78, 5) is 24.7. The number of amides is 2. The molecule has 1 aromatic rings. The summed E-state index contributed by atoms with van der Waals surface area (Å²) in [5.74, 6) is 1.16. The van der Waals surface area contributed by atoms with Gasteiger partial charge in [0.15, 0.2) is 11.5 Å². The SMILES string of the molecule is CC1=C(C(=O)OCCC(C)C)C(c2cc3c(cc2Br)OCO3)NC(=O)N1. The van der Waals surface area contributed by atoms with Crippen LogP contribution in [0.1, 0.15) is 38.8 Å². The topological polar surface area (TPSA) is 85.9 Å². The molecule has 26 heavy (non-hydrogen) atoms. The summed E-state index contributed by atoms with van der Waals surface area (Å²) in [6, 6.07) is 2.50. The molecule has 7 nitrogen and oxygen atoms in total. The van der Waals surface area contributed by atoms with E-state index in [0.29, 0.717) is 45.3 Å². The highest BCUT2D eigenvalue weighted by Crippen LogP contribution is 2.41. The zero-order valence-corrected chi connectivity index (χ0v) is 16.4. The average Bonchev–Trinajstić information content (AvgIpc) is 2.99. The third-order valence-corrected chi connectivity index (χ3v) is 4.91. The molecular weight excluding hydrogens is 404 g/mol. The molecule has 0 saturated carbocycles. The molecule has 2 N–H and O–H groups in total. The summed E-state index contributed by atoms with van der Waals surface area (Å²) in [5.41, 5.74) is 1.53. The molecule has 0 aliphatic carbocycles. The first-order valence-corrected chi connectivity index (χ1v) is 9.20. The number of benzene rings is 1. The Balaban J connectivity index is 1.92. The summed E-state index contributed by atoms with van der Waals surface area (Å²) in [7, 11) is 0. The van der Waals surface area contributed by atoms with Crippen molar-refractivity contribution in [1.82, 2.24) is 10.6 Å². The number of ether oxygens (including phenoxy) is 3. The van der Waals surface area contributed by atoms with Crippen LogP contribution < -0.4 is 20.1 Å². The molecule has 3 rings (SSSR count). The van der Waals surface area contributed by atoms with Crippen LogP contribution in [0.3, 0.4) is 0 Å². The van der Waals surface area contributed by atoms with Gasteiger partial charge in [-0.1, -0.05) is 29.8 Å². The van der Waals surface area contributed by atoms with Gasteiger partial charge in [-0.3, -0.25) is 0 Å². The number of carbonyl (C=O) groups excluding carboxylic acids is 2. The van der Waals surface area contributed by atoms with E-state index in [1.165, 1.54) is 0 Å². The second-order valence-electron chi connectivity index (χ2n) is 6.62. The number of nitrogens with one attached hydrogen (secondary N) is 2. The minimum Gasteiger partial charge on any atom is -0.462 e. The summed E-state index contributed by atoms with van der Waals surface area (Å²) in [5, 5.41) is 5.43. The zero-order chi connectivity index (χ0) is 18.8. The van der Waals surface area contributed by atoms with Crippen LogP contribution in [0.15, 0.2) is 27.9 Å². The first-order valence-electron chi connectivity index (χ1n) is 8.41. The second kappa shape index (κ2) is 7.57. The van der Waals surface area contributed by atoms with Crippen molar-refractivity contribution < 1.29 is 23.8 Å². The molecule has 8 heteroatoms.